The molecule has 1 heterocycles. The van der Waals surface area contributed by atoms with E-state index in [-0.39, 0.29) is 18.2 Å². The van der Waals surface area contributed by atoms with Crippen LogP contribution in [0.15, 0.2) is 66.2 Å². The van der Waals surface area contributed by atoms with E-state index >= 15 is 0 Å². The Morgan fingerprint density at radius 1 is 1.09 bits per heavy atom. The van der Waals surface area contributed by atoms with E-state index in [0.717, 1.165) is 41.8 Å². The Balaban J connectivity index is 1.54. The predicted octanol–water partition coefficient (Wildman–Crippen LogP) is 5.64. The lowest BCUT2D eigenvalue weighted by atomic mass is 9.97. The van der Waals surface area contributed by atoms with Crippen molar-refractivity contribution in [2.75, 3.05) is 13.2 Å². The molecule has 0 fully saturated rings. The van der Waals surface area contributed by atoms with Gasteiger partial charge in [0.1, 0.15) is 0 Å². The first-order chi connectivity index (χ1) is 16.6. The van der Waals surface area contributed by atoms with Gasteiger partial charge in [-0.05, 0) is 81.8 Å². The molecule has 3 aromatic rings. The number of nitrogens with one attached hydrogen (secondary N) is 1. The Kier molecular flexibility index (Phi) is 7.58. The van der Waals surface area contributed by atoms with Crippen molar-refractivity contribution in [2.24, 2.45) is 0 Å². The number of aromatic nitrogens is 2. The average Bonchev–Trinajstić information content (AvgIpc) is 3.30. The highest BCUT2D eigenvalue weighted by Gasteiger charge is 2.19. The molecule has 0 bridgehead atoms. The van der Waals surface area contributed by atoms with E-state index in [0.29, 0.717) is 12.1 Å². The second-order valence-corrected chi connectivity index (χ2v) is 8.52. The minimum absolute atomic E-state index is 0.0882. The number of nitrogens with zero attached hydrogens (tertiary/aromatic N) is 2. The van der Waals surface area contributed by atoms with E-state index in [9.17, 15) is 9.59 Å². The zero-order valence-electron chi connectivity index (χ0n) is 19.8. The Morgan fingerprint density at radius 3 is 2.59 bits per heavy atom. The molecule has 0 unspecified atom stereocenters. The van der Waals surface area contributed by atoms with Gasteiger partial charge in [0.15, 0.2) is 5.69 Å². The number of esters is 1. The molecule has 0 saturated heterocycles. The molecule has 0 radical (unpaired) electrons. The maximum absolute atomic E-state index is 12.6. The molecule has 6 nitrogen and oxygen atoms in total. The van der Waals surface area contributed by atoms with Gasteiger partial charge < -0.3 is 10.1 Å². The number of aryl methyl sites for hydroxylation is 1. The summed E-state index contributed by atoms with van der Waals surface area (Å²) in [5.41, 5.74) is 5.89. The number of benzene rings is 2. The van der Waals surface area contributed by atoms with Crippen molar-refractivity contribution in [3.05, 3.63) is 83.1 Å². The number of carbonyl (C=O) groups is 2. The Labute approximate surface area is 200 Å². The van der Waals surface area contributed by atoms with Crippen molar-refractivity contribution in [1.29, 1.82) is 0 Å². The number of hydrogen-bond acceptors (Lipinski definition) is 4. The van der Waals surface area contributed by atoms with Gasteiger partial charge in [-0.1, -0.05) is 35.9 Å². The third kappa shape index (κ3) is 5.45. The Hall–Kier alpha value is -3.67. The summed E-state index contributed by atoms with van der Waals surface area (Å²) < 4.78 is 6.89. The third-order valence-electron chi connectivity index (χ3n) is 6.11. The van der Waals surface area contributed by atoms with Gasteiger partial charge in [-0.2, -0.15) is 5.10 Å². The lowest BCUT2D eigenvalue weighted by Gasteiger charge is -2.13. The van der Waals surface area contributed by atoms with Gasteiger partial charge in [-0.25, -0.2) is 9.48 Å². The van der Waals surface area contributed by atoms with Crippen LogP contribution in [0.25, 0.3) is 16.9 Å². The summed E-state index contributed by atoms with van der Waals surface area (Å²) in [7, 11) is 0. The first-order valence-corrected chi connectivity index (χ1v) is 12.0. The van der Waals surface area contributed by atoms with Crippen LogP contribution < -0.4 is 5.32 Å². The molecule has 0 atom stereocenters. The van der Waals surface area contributed by atoms with E-state index in [4.69, 9.17) is 4.74 Å². The van der Waals surface area contributed by atoms with E-state index in [1.54, 1.807) is 29.8 Å². The number of hydrogen-bond donors (Lipinski definition) is 1. The van der Waals surface area contributed by atoms with Crippen LogP contribution in [0, 0.1) is 6.92 Å². The fourth-order valence-corrected chi connectivity index (χ4v) is 4.26. The van der Waals surface area contributed by atoms with Crippen molar-refractivity contribution in [2.45, 2.75) is 46.0 Å². The fraction of sp³-hybridized carbons (Fsp3) is 0.321. The normalized spacial score (nSPS) is 13.3. The summed E-state index contributed by atoms with van der Waals surface area (Å²) in [4.78, 5) is 25.0. The molecular weight excluding hydrogens is 426 g/mol. The van der Waals surface area contributed by atoms with E-state index in [1.807, 2.05) is 43.3 Å². The summed E-state index contributed by atoms with van der Waals surface area (Å²) in [6.07, 6.45) is 8.03. The number of amides is 1. The van der Waals surface area contributed by atoms with Crippen molar-refractivity contribution < 1.29 is 14.3 Å². The topological polar surface area (TPSA) is 73.2 Å². The first kappa shape index (κ1) is 23.5. The molecule has 1 aliphatic carbocycles. The summed E-state index contributed by atoms with van der Waals surface area (Å²) in [5, 5.41) is 7.55. The monoisotopic (exact) mass is 457 g/mol. The lowest BCUT2D eigenvalue weighted by molar-refractivity contribution is 0.0518. The number of rotatable bonds is 8. The molecule has 0 aliphatic heterocycles. The Morgan fingerprint density at radius 2 is 1.88 bits per heavy atom. The standard InChI is InChI=1S/C28H31N3O3/c1-3-34-28(33)25-19-26(24-12-8-7-9-20(24)2)31(30-25)23-15-13-22(14-16-23)27(32)29-18-17-21-10-5-4-6-11-21/h7-10,12-16,19H,3-6,11,17-18H2,1-2H3,(H,29,32). The molecule has 34 heavy (non-hydrogen) atoms. The first-order valence-electron chi connectivity index (χ1n) is 12.0. The molecule has 6 heteroatoms. The van der Waals surface area contributed by atoms with Crippen molar-refractivity contribution >= 4 is 11.9 Å². The predicted molar refractivity (Wildman–Crippen MR) is 133 cm³/mol. The molecule has 4 rings (SSSR count). The quantitative estimate of drug-likeness (QED) is 0.351. The van der Waals surface area contributed by atoms with Crippen molar-refractivity contribution in [3.8, 4) is 16.9 Å². The second kappa shape index (κ2) is 11.0. The van der Waals surface area contributed by atoms with Gasteiger partial charge in [-0.3, -0.25) is 4.79 Å². The number of carbonyl (C=O) groups excluding carboxylic acids is 2. The van der Waals surface area contributed by atoms with Crippen molar-refractivity contribution in [3.63, 3.8) is 0 Å². The molecule has 2 aromatic carbocycles. The van der Waals surface area contributed by atoms with Crippen LogP contribution in [0.2, 0.25) is 0 Å². The van der Waals surface area contributed by atoms with Gasteiger partial charge in [-0.15, -0.1) is 0 Å². The summed E-state index contributed by atoms with van der Waals surface area (Å²) >= 11 is 0. The summed E-state index contributed by atoms with van der Waals surface area (Å²) in [6, 6.07) is 17.0. The van der Waals surface area contributed by atoms with Gasteiger partial charge in [0.05, 0.1) is 18.0 Å². The van der Waals surface area contributed by atoms with Gasteiger partial charge in [0.25, 0.3) is 5.91 Å². The summed E-state index contributed by atoms with van der Waals surface area (Å²) in [6.45, 7) is 4.72. The van der Waals surface area contributed by atoms with Gasteiger partial charge >= 0.3 is 5.97 Å². The maximum Gasteiger partial charge on any atom is 0.358 e. The van der Waals surface area contributed by atoms with Crippen LogP contribution in [-0.4, -0.2) is 34.8 Å². The number of ether oxygens (including phenoxy) is 1. The summed E-state index contributed by atoms with van der Waals surface area (Å²) in [5.74, 6) is -0.546. The molecule has 1 amide bonds. The average molecular weight is 458 g/mol. The largest absolute Gasteiger partial charge is 0.461 e. The van der Waals surface area contributed by atoms with E-state index in [2.05, 4.69) is 16.5 Å². The highest BCUT2D eigenvalue weighted by molar-refractivity contribution is 5.94. The maximum atomic E-state index is 12.6. The molecule has 1 aliphatic rings. The van der Waals surface area contributed by atoms with Crippen LogP contribution >= 0.6 is 0 Å². The van der Waals surface area contributed by atoms with E-state index < -0.39 is 5.97 Å². The molecule has 1 N–H and O–H groups in total. The molecule has 176 valence electrons. The highest BCUT2D eigenvalue weighted by atomic mass is 16.5. The number of allylic oxidation sites excluding steroid dienone is 1. The van der Waals surface area contributed by atoms with Crippen molar-refractivity contribution in [1.82, 2.24) is 15.1 Å². The van der Waals surface area contributed by atoms with E-state index in [1.165, 1.54) is 18.4 Å². The molecular formula is C28H31N3O3. The van der Waals surface area contributed by atoms with Gasteiger partial charge in [0.2, 0.25) is 0 Å². The molecule has 0 spiro atoms. The third-order valence-corrected chi connectivity index (χ3v) is 6.11. The minimum Gasteiger partial charge on any atom is -0.461 e. The zero-order valence-corrected chi connectivity index (χ0v) is 19.8. The zero-order chi connectivity index (χ0) is 23.9. The van der Waals surface area contributed by atoms with Gasteiger partial charge in [0, 0.05) is 17.7 Å². The fourth-order valence-electron chi connectivity index (χ4n) is 4.26. The SMILES string of the molecule is CCOC(=O)c1cc(-c2ccccc2C)n(-c2ccc(C(=O)NCCC3=CCCCC3)cc2)n1. The smallest absolute Gasteiger partial charge is 0.358 e. The second-order valence-electron chi connectivity index (χ2n) is 8.52. The molecule has 1 aromatic heterocycles. The minimum atomic E-state index is -0.458. The lowest BCUT2D eigenvalue weighted by Crippen LogP contribution is -2.24. The van der Waals surface area contributed by atoms with Crippen LogP contribution in [-0.2, 0) is 4.74 Å². The Bertz CT molecular complexity index is 1190. The van der Waals surface area contributed by atoms with Crippen LogP contribution in [0.4, 0.5) is 0 Å². The van der Waals surface area contributed by atoms with Crippen LogP contribution in [0.5, 0.6) is 0 Å². The van der Waals surface area contributed by atoms with Crippen LogP contribution in [0.1, 0.15) is 65.4 Å². The highest BCUT2D eigenvalue weighted by Crippen LogP contribution is 2.27. The van der Waals surface area contributed by atoms with Crippen LogP contribution in [0.3, 0.4) is 0 Å². The molecule has 0 saturated carbocycles.